The largest absolute Gasteiger partial charge is 0.492 e. The molecule has 4 heterocycles. The first-order valence-electron chi connectivity index (χ1n) is 20.3. The maximum Gasteiger partial charge on any atom is 0.325 e. The third-order valence-corrected chi connectivity index (χ3v) is 12.4. The fourth-order valence-corrected chi connectivity index (χ4v) is 8.79. The smallest absolute Gasteiger partial charge is 0.325 e. The number of rotatable bonds is 16. The zero-order valence-corrected chi connectivity index (χ0v) is 37.0. The van der Waals surface area contributed by atoms with Crippen LogP contribution in [0.1, 0.15) is 32.3 Å². The van der Waals surface area contributed by atoms with Crippen LogP contribution in [-0.2, 0) is 27.4 Å². The first-order valence-corrected chi connectivity index (χ1v) is 22.4. The van der Waals surface area contributed by atoms with Crippen molar-refractivity contribution >= 4 is 85.3 Å². The summed E-state index contributed by atoms with van der Waals surface area (Å²) >= 11 is 9.00. The number of hydrogen-bond donors (Lipinski definition) is 3. The van der Waals surface area contributed by atoms with E-state index in [1.807, 2.05) is 86.0 Å². The standard InChI is InChI=1S/C46H44ClN9O5S2/c1-29-8-6-12-36(47)43(29)54-44(59)38-25-49-46(63-38)53-39-24-40(51-30(2)50-39)56-18-16-55(17-19-56)20-21-60-37-13-7-11-32-14-15-33(22-35(32)37)45-52-34(28-62-45)23-41(57)48-26-42(58)61-27-31-9-4-3-5-10-31/h3-15,22,24-25,28H,16-21,23,26-27H2,1-2H3,(H,48,57)(H,54,59)(H,49,50,51,53). The van der Waals surface area contributed by atoms with Gasteiger partial charge in [0.1, 0.15) is 52.9 Å². The SMILES string of the molecule is Cc1nc(Nc2ncc(C(=O)Nc3c(C)cccc3Cl)s2)cc(N2CCN(CCOc3cccc4ccc(-c5nc(CC(=O)NCC(=O)OCc6ccccc6)cs5)cc34)CC2)n1. The van der Waals surface area contributed by atoms with Crippen LogP contribution in [0.3, 0.4) is 0 Å². The number of carbonyl (C=O) groups is 3. The summed E-state index contributed by atoms with van der Waals surface area (Å²) < 4.78 is 11.6. The highest BCUT2D eigenvalue weighted by atomic mass is 35.5. The molecule has 322 valence electrons. The normalized spacial score (nSPS) is 12.8. The van der Waals surface area contributed by atoms with Gasteiger partial charge in [0.05, 0.1) is 29.0 Å². The van der Waals surface area contributed by atoms with Gasteiger partial charge in [-0.05, 0) is 48.6 Å². The lowest BCUT2D eigenvalue weighted by molar-refractivity contribution is -0.145. The van der Waals surface area contributed by atoms with E-state index in [0.29, 0.717) is 44.7 Å². The minimum atomic E-state index is -0.500. The van der Waals surface area contributed by atoms with Crippen LogP contribution in [0.4, 0.5) is 22.5 Å². The van der Waals surface area contributed by atoms with Crippen LogP contribution in [0.15, 0.2) is 103 Å². The molecule has 1 aliphatic rings. The Balaban J connectivity index is 0.803. The lowest BCUT2D eigenvalue weighted by atomic mass is 10.1. The van der Waals surface area contributed by atoms with Crippen LogP contribution in [-0.4, -0.2) is 88.5 Å². The van der Waals surface area contributed by atoms with Crippen molar-refractivity contribution in [3.05, 3.63) is 135 Å². The van der Waals surface area contributed by atoms with E-state index in [4.69, 9.17) is 31.0 Å². The van der Waals surface area contributed by atoms with Gasteiger partial charge in [-0.15, -0.1) is 11.3 Å². The second kappa shape index (κ2) is 20.2. The molecule has 0 aliphatic carbocycles. The zero-order valence-electron chi connectivity index (χ0n) is 34.6. The highest BCUT2D eigenvalue weighted by Gasteiger charge is 2.21. The lowest BCUT2D eigenvalue weighted by Crippen LogP contribution is -2.47. The monoisotopic (exact) mass is 901 g/mol. The molecule has 1 fully saturated rings. The molecule has 0 bridgehead atoms. The maximum absolute atomic E-state index is 13.0. The lowest BCUT2D eigenvalue weighted by Gasteiger charge is -2.35. The molecule has 63 heavy (non-hydrogen) atoms. The molecule has 8 rings (SSSR count). The Hall–Kier alpha value is -6.46. The summed E-state index contributed by atoms with van der Waals surface area (Å²) in [5, 5.41) is 14.5. The number of ether oxygens (including phenoxy) is 2. The van der Waals surface area contributed by atoms with E-state index < -0.39 is 5.97 Å². The molecule has 14 nitrogen and oxygen atoms in total. The van der Waals surface area contributed by atoms with Crippen LogP contribution >= 0.6 is 34.3 Å². The number of thiazole rings is 2. The number of hydrogen-bond acceptors (Lipinski definition) is 14. The molecule has 2 amide bonds. The van der Waals surface area contributed by atoms with Crippen LogP contribution < -0.4 is 25.6 Å². The Kier molecular flexibility index (Phi) is 13.8. The predicted octanol–water partition coefficient (Wildman–Crippen LogP) is 8.08. The van der Waals surface area contributed by atoms with E-state index in [1.54, 1.807) is 6.07 Å². The minimum absolute atomic E-state index is 0.0544. The summed E-state index contributed by atoms with van der Waals surface area (Å²) in [5.41, 5.74) is 3.89. The second-order valence-corrected chi connectivity index (χ2v) is 17.1. The predicted molar refractivity (Wildman–Crippen MR) is 248 cm³/mol. The van der Waals surface area contributed by atoms with E-state index in [2.05, 4.69) is 53.9 Å². The van der Waals surface area contributed by atoms with Gasteiger partial charge in [-0.25, -0.2) is 19.9 Å². The molecule has 0 radical (unpaired) electrons. The summed E-state index contributed by atoms with van der Waals surface area (Å²) in [5.74, 6) is 1.76. The van der Waals surface area contributed by atoms with E-state index >= 15 is 0 Å². The van der Waals surface area contributed by atoms with E-state index in [-0.39, 0.29) is 31.4 Å². The number of halogens is 1. The summed E-state index contributed by atoms with van der Waals surface area (Å²) in [7, 11) is 0. The molecule has 7 aromatic rings. The van der Waals surface area contributed by atoms with E-state index in [1.165, 1.54) is 28.9 Å². The summed E-state index contributed by atoms with van der Waals surface area (Å²) in [4.78, 5) is 61.2. The molecule has 1 aliphatic heterocycles. The number of para-hydroxylation sites is 1. The van der Waals surface area contributed by atoms with Gasteiger partial charge in [0.15, 0.2) is 5.13 Å². The average molecular weight is 903 g/mol. The van der Waals surface area contributed by atoms with Gasteiger partial charge in [0.25, 0.3) is 5.91 Å². The van der Waals surface area contributed by atoms with Crippen molar-refractivity contribution < 1.29 is 23.9 Å². The number of fused-ring (bicyclic) bond motifs is 1. The number of aromatic nitrogens is 4. The van der Waals surface area contributed by atoms with Gasteiger partial charge in [0.2, 0.25) is 5.91 Å². The van der Waals surface area contributed by atoms with E-state index in [0.717, 1.165) is 76.8 Å². The number of aryl methyl sites for hydroxylation is 2. The molecule has 0 atom stereocenters. The molecular weight excluding hydrogens is 858 g/mol. The summed E-state index contributed by atoms with van der Waals surface area (Å²) in [6.07, 6.45) is 1.59. The van der Waals surface area contributed by atoms with Gasteiger partial charge < -0.3 is 30.3 Å². The van der Waals surface area contributed by atoms with Crippen molar-refractivity contribution in [2.75, 3.05) is 61.4 Å². The fourth-order valence-electron chi connectivity index (χ4n) is 6.99. The number of nitrogens with one attached hydrogen (secondary N) is 3. The van der Waals surface area contributed by atoms with Gasteiger partial charge in [-0.2, -0.15) is 0 Å². The zero-order chi connectivity index (χ0) is 43.7. The van der Waals surface area contributed by atoms with Crippen LogP contribution in [0.5, 0.6) is 5.75 Å². The molecule has 1 saturated heterocycles. The Bertz CT molecular complexity index is 2720. The van der Waals surface area contributed by atoms with Crippen LogP contribution in [0, 0.1) is 13.8 Å². The molecule has 0 spiro atoms. The van der Waals surface area contributed by atoms with Gasteiger partial charge in [0, 0.05) is 55.1 Å². The van der Waals surface area contributed by atoms with Crippen molar-refractivity contribution in [3.63, 3.8) is 0 Å². The molecule has 3 N–H and O–H groups in total. The average Bonchev–Trinajstić information content (AvgIpc) is 3.97. The Morgan fingerprint density at radius 2 is 1.71 bits per heavy atom. The van der Waals surface area contributed by atoms with Crippen molar-refractivity contribution in [2.45, 2.75) is 26.9 Å². The fraction of sp³-hybridized carbons (Fsp3) is 0.239. The molecule has 17 heteroatoms. The molecule has 0 unspecified atom stereocenters. The van der Waals surface area contributed by atoms with Crippen molar-refractivity contribution in [3.8, 4) is 16.3 Å². The first-order chi connectivity index (χ1) is 30.6. The number of esters is 1. The van der Waals surface area contributed by atoms with Crippen molar-refractivity contribution in [1.29, 1.82) is 0 Å². The highest BCUT2D eigenvalue weighted by molar-refractivity contribution is 7.17. The summed E-state index contributed by atoms with van der Waals surface area (Å²) in [6.45, 7) is 8.24. The van der Waals surface area contributed by atoms with Crippen molar-refractivity contribution in [1.82, 2.24) is 30.2 Å². The van der Waals surface area contributed by atoms with Gasteiger partial charge in [-0.3, -0.25) is 19.3 Å². The third-order valence-electron chi connectivity index (χ3n) is 10.3. The van der Waals surface area contributed by atoms with E-state index in [9.17, 15) is 14.4 Å². The first kappa shape index (κ1) is 43.2. The van der Waals surface area contributed by atoms with Crippen LogP contribution in [0.2, 0.25) is 5.02 Å². The maximum atomic E-state index is 13.0. The Morgan fingerprint density at radius 3 is 2.54 bits per heavy atom. The van der Waals surface area contributed by atoms with Gasteiger partial charge in [-0.1, -0.05) is 89.7 Å². The minimum Gasteiger partial charge on any atom is -0.492 e. The highest BCUT2D eigenvalue weighted by Crippen LogP contribution is 2.33. The number of amides is 2. The summed E-state index contributed by atoms with van der Waals surface area (Å²) in [6, 6.07) is 29.0. The number of benzene rings is 4. The second-order valence-electron chi connectivity index (χ2n) is 14.8. The Labute approximate surface area is 377 Å². The van der Waals surface area contributed by atoms with Gasteiger partial charge >= 0.3 is 5.97 Å². The van der Waals surface area contributed by atoms with Crippen molar-refractivity contribution in [2.24, 2.45) is 0 Å². The molecule has 0 saturated carbocycles. The van der Waals surface area contributed by atoms with Crippen LogP contribution in [0.25, 0.3) is 21.3 Å². The molecular formula is C46H44ClN9O5S2. The number of nitrogens with zero attached hydrogens (tertiary/aromatic N) is 6. The molecule has 3 aromatic heterocycles. The quantitative estimate of drug-likeness (QED) is 0.0801. The topological polar surface area (TPSA) is 164 Å². The third kappa shape index (κ3) is 11.3. The number of carbonyl (C=O) groups excluding carboxylic acids is 3. The molecule has 4 aromatic carbocycles. The number of anilines is 4. The Morgan fingerprint density at radius 1 is 0.889 bits per heavy atom. The number of piperazine rings is 1.